The number of rotatable bonds is 2. The smallest absolute Gasteiger partial charge is 0.282 e. The molecule has 0 N–H and O–H groups in total. The predicted molar refractivity (Wildman–Crippen MR) is 62.2 cm³/mol. The van der Waals surface area contributed by atoms with Crippen molar-refractivity contribution in [3.63, 3.8) is 0 Å². The second-order valence-corrected chi connectivity index (χ2v) is 4.82. The SMILES string of the molecule is CC1CN=C(C(F)(F)C(F)(F)C(F)(F)F)c2ccccc21. The Kier molecular flexibility index (Phi) is 3.54. The molecule has 0 aliphatic carbocycles. The van der Waals surface area contributed by atoms with Crippen LogP contribution in [0.2, 0.25) is 0 Å². The van der Waals surface area contributed by atoms with E-state index in [1.807, 2.05) is 0 Å². The van der Waals surface area contributed by atoms with Crippen LogP contribution in [0.25, 0.3) is 0 Å². The molecule has 2 rings (SSSR count). The maximum Gasteiger partial charge on any atom is 0.460 e. The fourth-order valence-corrected chi connectivity index (χ4v) is 2.15. The average molecular weight is 313 g/mol. The Hall–Kier alpha value is -1.60. The van der Waals surface area contributed by atoms with E-state index in [9.17, 15) is 30.7 Å². The van der Waals surface area contributed by atoms with Crippen molar-refractivity contribution in [2.75, 3.05) is 6.54 Å². The van der Waals surface area contributed by atoms with Crippen molar-refractivity contribution in [2.45, 2.75) is 30.9 Å². The van der Waals surface area contributed by atoms with E-state index in [0.29, 0.717) is 0 Å². The highest BCUT2D eigenvalue weighted by atomic mass is 19.4. The molecule has 1 aliphatic heterocycles. The lowest BCUT2D eigenvalue weighted by Gasteiger charge is -2.32. The summed E-state index contributed by atoms with van der Waals surface area (Å²) < 4.78 is 90.6. The maximum atomic E-state index is 13.8. The number of hydrogen-bond donors (Lipinski definition) is 0. The third-order valence-corrected chi connectivity index (χ3v) is 3.32. The molecule has 1 atom stereocenters. The maximum absolute atomic E-state index is 13.8. The summed E-state index contributed by atoms with van der Waals surface area (Å²) in [7, 11) is 0. The van der Waals surface area contributed by atoms with E-state index in [0.717, 1.165) is 6.07 Å². The quantitative estimate of drug-likeness (QED) is 0.717. The van der Waals surface area contributed by atoms with Crippen molar-refractivity contribution >= 4 is 5.71 Å². The molecule has 1 aliphatic rings. The van der Waals surface area contributed by atoms with E-state index in [2.05, 4.69) is 4.99 Å². The molecule has 0 aromatic heterocycles. The normalized spacial score (nSPS) is 20.0. The highest BCUT2D eigenvalue weighted by Gasteiger charge is 2.75. The second-order valence-electron chi connectivity index (χ2n) is 4.82. The van der Waals surface area contributed by atoms with E-state index in [4.69, 9.17) is 0 Å². The first kappa shape index (κ1) is 15.8. The summed E-state index contributed by atoms with van der Waals surface area (Å²) in [6, 6.07) is 5.27. The molecule has 116 valence electrons. The highest BCUT2D eigenvalue weighted by molar-refractivity contribution is 6.08. The van der Waals surface area contributed by atoms with Crippen molar-refractivity contribution < 1.29 is 30.7 Å². The molecule has 1 unspecified atom stereocenters. The number of nitrogens with zero attached hydrogens (tertiary/aromatic N) is 1. The first-order valence-electron chi connectivity index (χ1n) is 5.96. The summed E-state index contributed by atoms with van der Waals surface area (Å²) in [5.41, 5.74) is -1.61. The largest absolute Gasteiger partial charge is 0.460 e. The molecular formula is C13H10F7N. The number of fused-ring (bicyclic) bond motifs is 1. The van der Waals surface area contributed by atoms with Gasteiger partial charge in [-0.1, -0.05) is 31.2 Å². The number of alkyl halides is 7. The summed E-state index contributed by atoms with van der Waals surface area (Å²) in [5.74, 6) is -12.0. The lowest BCUT2D eigenvalue weighted by Crippen LogP contribution is -2.57. The summed E-state index contributed by atoms with van der Waals surface area (Å²) in [6.07, 6.45) is -6.36. The number of aliphatic imine (C=N–C) groups is 1. The average Bonchev–Trinajstić information content (AvgIpc) is 2.37. The monoisotopic (exact) mass is 313 g/mol. The van der Waals surface area contributed by atoms with Crippen LogP contribution in [-0.4, -0.2) is 30.3 Å². The Labute approximate surface area is 115 Å². The Balaban J connectivity index is 2.57. The van der Waals surface area contributed by atoms with Crippen LogP contribution in [0.1, 0.15) is 24.0 Å². The molecular weight excluding hydrogens is 303 g/mol. The Bertz CT molecular complexity index is 574. The van der Waals surface area contributed by atoms with Crippen molar-refractivity contribution in [3.05, 3.63) is 35.4 Å². The van der Waals surface area contributed by atoms with Crippen LogP contribution < -0.4 is 0 Å². The molecule has 8 heteroatoms. The predicted octanol–water partition coefficient (Wildman–Crippen LogP) is 4.43. The number of benzene rings is 1. The van der Waals surface area contributed by atoms with Crippen LogP contribution in [0, 0.1) is 0 Å². The number of hydrogen-bond acceptors (Lipinski definition) is 1. The zero-order valence-electron chi connectivity index (χ0n) is 10.7. The minimum atomic E-state index is -6.36. The fraction of sp³-hybridized carbons (Fsp3) is 0.462. The van der Waals surface area contributed by atoms with Gasteiger partial charge in [-0.05, 0) is 5.56 Å². The van der Waals surface area contributed by atoms with Crippen molar-refractivity contribution in [1.29, 1.82) is 0 Å². The molecule has 0 amide bonds. The zero-order chi connectivity index (χ0) is 16.1. The molecule has 21 heavy (non-hydrogen) atoms. The molecule has 1 nitrogen and oxygen atoms in total. The first-order chi connectivity index (χ1) is 9.50. The van der Waals surface area contributed by atoms with Crippen LogP contribution in [0.15, 0.2) is 29.3 Å². The van der Waals surface area contributed by atoms with Gasteiger partial charge in [-0.15, -0.1) is 0 Å². The molecule has 0 radical (unpaired) electrons. The Morgan fingerprint density at radius 3 is 2.14 bits per heavy atom. The van der Waals surface area contributed by atoms with Gasteiger partial charge >= 0.3 is 18.0 Å². The number of halogens is 7. The first-order valence-corrected chi connectivity index (χ1v) is 5.96. The molecule has 0 bridgehead atoms. The Morgan fingerprint density at radius 2 is 1.57 bits per heavy atom. The minimum absolute atomic E-state index is 0.268. The molecule has 1 aromatic carbocycles. The van der Waals surface area contributed by atoms with Gasteiger partial charge in [-0.3, -0.25) is 4.99 Å². The van der Waals surface area contributed by atoms with Gasteiger partial charge in [0.15, 0.2) is 0 Å². The van der Waals surface area contributed by atoms with E-state index >= 15 is 0 Å². The van der Waals surface area contributed by atoms with Gasteiger partial charge < -0.3 is 0 Å². The van der Waals surface area contributed by atoms with Crippen LogP contribution >= 0.6 is 0 Å². The van der Waals surface area contributed by atoms with E-state index < -0.39 is 23.7 Å². The van der Waals surface area contributed by atoms with Crippen molar-refractivity contribution in [1.82, 2.24) is 0 Å². The minimum Gasteiger partial charge on any atom is -0.282 e. The topological polar surface area (TPSA) is 12.4 Å². The van der Waals surface area contributed by atoms with E-state index in [1.54, 1.807) is 6.92 Å². The van der Waals surface area contributed by atoms with Gasteiger partial charge in [0.25, 0.3) is 0 Å². The van der Waals surface area contributed by atoms with Crippen LogP contribution in [-0.2, 0) is 0 Å². The van der Waals surface area contributed by atoms with Gasteiger partial charge in [-0.2, -0.15) is 30.7 Å². The van der Waals surface area contributed by atoms with Crippen LogP contribution in [0.3, 0.4) is 0 Å². The lowest BCUT2D eigenvalue weighted by atomic mass is 9.86. The lowest BCUT2D eigenvalue weighted by molar-refractivity contribution is -0.336. The molecule has 1 heterocycles. The standard InChI is InChI=1S/C13H10F7N/c1-7-6-21-10(9-5-3-2-4-8(7)9)11(14,15)12(16,17)13(18,19)20/h2-5,7H,6H2,1H3. The third-order valence-electron chi connectivity index (χ3n) is 3.32. The summed E-state index contributed by atoms with van der Waals surface area (Å²) >= 11 is 0. The van der Waals surface area contributed by atoms with Crippen LogP contribution in [0.5, 0.6) is 0 Å². The molecule has 1 aromatic rings. The Morgan fingerprint density at radius 1 is 1.00 bits per heavy atom. The van der Waals surface area contributed by atoms with Gasteiger partial charge in [0.2, 0.25) is 0 Å². The van der Waals surface area contributed by atoms with E-state index in [-0.39, 0.29) is 23.6 Å². The van der Waals surface area contributed by atoms with Crippen molar-refractivity contribution in [3.8, 4) is 0 Å². The second kappa shape index (κ2) is 4.71. The van der Waals surface area contributed by atoms with E-state index in [1.165, 1.54) is 18.2 Å². The molecule has 0 saturated heterocycles. The highest BCUT2D eigenvalue weighted by Crippen LogP contribution is 2.49. The zero-order valence-corrected chi connectivity index (χ0v) is 10.7. The van der Waals surface area contributed by atoms with Crippen LogP contribution in [0.4, 0.5) is 30.7 Å². The molecule has 0 fully saturated rings. The van der Waals surface area contributed by atoms with Gasteiger partial charge in [0, 0.05) is 18.0 Å². The molecule has 0 spiro atoms. The molecule has 0 saturated carbocycles. The van der Waals surface area contributed by atoms with Gasteiger partial charge in [0.05, 0.1) is 0 Å². The fourth-order valence-electron chi connectivity index (χ4n) is 2.15. The van der Waals surface area contributed by atoms with Crippen molar-refractivity contribution in [2.24, 2.45) is 4.99 Å². The van der Waals surface area contributed by atoms with Gasteiger partial charge in [-0.25, -0.2) is 0 Å². The summed E-state index contributed by atoms with van der Waals surface area (Å²) in [4.78, 5) is 3.29. The third kappa shape index (κ3) is 2.30. The van der Waals surface area contributed by atoms with Gasteiger partial charge in [0.1, 0.15) is 5.71 Å². The summed E-state index contributed by atoms with van der Waals surface area (Å²) in [6.45, 7) is 1.36. The summed E-state index contributed by atoms with van der Waals surface area (Å²) in [5, 5.41) is 0.